The number of fused-ring (bicyclic) bond motifs is 1. The Kier molecular flexibility index (Phi) is 5.38. The van der Waals surface area contributed by atoms with Crippen molar-refractivity contribution in [3.63, 3.8) is 0 Å². The molecule has 0 radical (unpaired) electrons. The molecule has 4 rings (SSSR count). The summed E-state index contributed by atoms with van der Waals surface area (Å²) in [7, 11) is -3.81. The third-order valence-corrected chi connectivity index (χ3v) is 8.38. The quantitative estimate of drug-likeness (QED) is 0.317. The van der Waals surface area contributed by atoms with Crippen LogP contribution in [0.3, 0.4) is 0 Å². The van der Waals surface area contributed by atoms with Gasteiger partial charge in [-0.25, -0.2) is 17.2 Å². The average molecular weight is 544 g/mol. The molecule has 158 valence electrons. The summed E-state index contributed by atoms with van der Waals surface area (Å²) < 4.78 is 63.4. The van der Waals surface area contributed by atoms with E-state index in [1.807, 2.05) is 22.6 Å². The second-order valence-corrected chi connectivity index (χ2v) is 10.9. The second kappa shape index (κ2) is 7.60. The van der Waals surface area contributed by atoms with Crippen LogP contribution in [-0.4, -0.2) is 18.3 Å². The highest BCUT2D eigenvalue weighted by Gasteiger charge is 2.53. The summed E-state index contributed by atoms with van der Waals surface area (Å²) in [5, 5.41) is 4.15. The molecule has 1 aliphatic carbocycles. The van der Waals surface area contributed by atoms with Crippen molar-refractivity contribution in [2.24, 2.45) is 0 Å². The number of halogens is 3. The first-order chi connectivity index (χ1) is 14.2. The lowest BCUT2D eigenvalue weighted by Gasteiger charge is -2.19. The minimum atomic E-state index is -3.81. The fourth-order valence-electron chi connectivity index (χ4n) is 3.55. The highest BCUT2D eigenvalue weighted by atomic mass is 127. The SMILES string of the molecule is C=CCC1(S(=O)(=O)Nc2cc3c(C)noc3c(F)c2Cc2ccc(I)cc2F)CC1. The molecule has 0 amide bonds. The molecule has 0 aliphatic heterocycles. The Bertz CT molecular complexity index is 1270. The van der Waals surface area contributed by atoms with Gasteiger partial charge in [0.05, 0.1) is 16.1 Å². The molecule has 1 aliphatic rings. The Hall–Kier alpha value is -2.01. The highest BCUT2D eigenvalue weighted by molar-refractivity contribution is 14.1. The first kappa shape index (κ1) is 21.2. The topological polar surface area (TPSA) is 72.2 Å². The van der Waals surface area contributed by atoms with Gasteiger partial charge in [-0.05, 0) is 72.5 Å². The van der Waals surface area contributed by atoms with Crippen molar-refractivity contribution in [1.82, 2.24) is 5.16 Å². The number of aryl methyl sites for hydroxylation is 1. The fraction of sp³-hybridized carbons (Fsp3) is 0.286. The van der Waals surface area contributed by atoms with E-state index in [2.05, 4.69) is 16.5 Å². The third kappa shape index (κ3) is 3.62. The maximum absolute atomic E-state index is 15.4. The molecule has 0 bridgehead atoms. The molecule has 1 heterocycles. The number of hydrogen-bond donors (Lipinski definition) is 1. The van der Waals surface area contributed by atoms with Gasteiger partial charge in [-0.2, -0.15) is 0 Å². The summed E-state index contributed by atoms with van der Waals surface area (Å²) >= 11 is 1.98. The molecule has 0 unspecified atom stereocenters. The summed E-state index contributed by atoms with van der Waals surface area (Å²) in [4.78, 5) is 0. The number of hydrogen-bond acceptors (Lipinski definition) is 4. The standard InChI is InChI=1S/C21H19F2IN2O3S/c1-3-6-21(7-8-21)30(27,28)26-18-11-15-12(2)25-29-20(15)19(23)16(18)9-13-4-5-14(24)10-17(13)22/h3-5,10-11,26H,1,6-9H2,2H3. The van der Waals surface area contributed by atoms with Crippen LogP contribution in [0, 0.1) is 22.1 Å². The van der Waals surface area contributed by atoms with Crippen molar-refractivity contribution in [3.8, 4) is 0 Å². The van der Waals surface area contributed by atoms with Gasteiger partial charge in [0, 0.05) is 20.9 Å². The molecule has 9 heteroatoms. The van der Waals surface area contributed by atoms with Crippen molar-refractivity contribution < 1.29 is 21.7 Å². The predicted molar refractivity (Wildman–Crippen MR) is 120 cm³/mol. The van der Waals surface area contributed by atoms with E-state index >= 15 is 4.39 Å². The van der Waals surface area contributed by atoms with Gasteiger partial charge in [0.1, 0.15) is 5.82 Å². The number of benzene rings is 2. The zero-order chi connectivity index (χ0) is 21.7. The molecule has 1 saturated carbocycles. The minimum absolute atomic E-state index is 0.0109. The Labute approximate surface area is 186 Å². The van der Waals surface area contributed by atoms with Crippen LogP contribution in [0.25, 0.3) is 11.0 Å². The van der Waals surface area contributed by atoms with Crippen LogP contribution in [0.1, 0.15) is 36.1 Å². The van der Waals surface area contributed by atoms with E-state index in [0.29, 0.717) is 33.9 Å². The lowest BCUT2D eigenvalue weighted by Crippen LogP contribution is -2.29. The van der Waals surface area contributed by atoms with Crippen molar-refractivity contribution >= 4 is 49.3 Å². The molecule has 2 aromatic carbocycles. The largest absolute Gasteiger partial charge is 0.353 e. The smallest absolute Gasteiger partial charge is 0.238 e. The number of allylic oxidation sites excluding steroid dienone is 1. The molecule has 5 nitrogen and oxygen atoms in total. The van der Waals surface area contributed by atoms with Crippen molar-refractivity contribution in [2.75, 3.05) is 4.72 Å². The summed E-state index contributed by atoms with van der Waals surface area (Å²) in [6.07, 6.45) is 2.75. The number of aromatic nitrogens is 1. The molecule has 0 atom stereocenters. The van der Waals surface area contributed by atoms with Gasteiger partial charge in [-0.3, -0.25) is 4.72 Å². The molecular formula is C21H19F2IN2O3S. The first-order valence-corrected chi connectivity index (χ1v) is 11.9. The van der Waals surface area contributed by atoms with Crippen LogP contribution in [0.15, 0.2) is 41.4 Å². The zero-order valence-electron chi connectivity index (χ0n) is 16.1. The minimum Gasteiger partial charge on any atom is -0.353 e. The normalized spacial score (nSPS) is 15.3. The fourth-order valence-corrected chi connectivity index (χ4v) is 5.67. The summed E-state index contributed by atoms with van der Waals surface area (Å²) in [5.41, 5.74) is 0.682. The van der Waals surface area contributed by atoms with Crippen LogP contribution in [0.4, 0.5) is 14.5 Å². The van der Waals surface area contributed by atoms with Gasteiger partial charge in [0.25, 0.3) is 0 Å². The van der Waals surface area contributed by atoms with Crippen molar-refractivity contribution in [3.05, 3.63) is 68.9 Å². The van der Waals surface area contributed by atoms with Gasteiger partial charge in [0.15, 0.2) is 5.82 Å². The highest BCUT2D eigenvalue weighted by Crippen LogP contribution is 2.48. The van der Waals surface area contributed by atoms with E-state index in [0.717, 1.165) is 0 Å². The molecule has 1 fully saturated rings. The summed E-state index contributed by atoms with van der Waals surface area (Å²) in [5.74, 6) is -1.24. The van der Waals surface area contributed by atoms with E-state index in [9.17, 15) is 12.8 Å². The molecule has 0 saturated heterocycles. The molecule has 1 aromatic heterocycles. The first-order valence-electron chi connectivity index (χ1n) is 9.32. The van der Waals surface area contributed by atoms with Crippen LogP contribution < -0.4 is 4.72 Å². The number of nitrogens with zero attached hydrogens (tertiary/aromatic N) is 1. The van der Waals surface area contributed by atoms with E-state index in [1.165, 1.54) is 12.1 Å². The van der Waals surface area contributed by atoms with E-state index in [4.69, 9.17) is 4.52 Å². The number of sulfonamides is 1. The maximum Gasteiger partial charge on any atom is 0.238 e. The van der Waals surface area contributed by atoms with Crippen molar-refractivity contribution in [2.45, 2.75) is 37.4 Å². The second-order valence-electron chi connectivity index (χ2n) is 7.56. The monoisotopic (exact) mass is 544 g/mol. The molecule has 30 heavy (non-hydrogen) atoms. The summed E-state index contributed by atoms with van der Waals surface area (Å²) in [6.45, 7) is 5.28. The lowest BCUT2D eigenvalue weighted by molar-refractivity contribution is 0.434. The average Bonchev–Trinajstić information content (AvgIpc) is 3.38. The van der Waals surface area contributed by atoms with Gasteiger partial charge < -0.3 is 4.52 Å². The van der Waals surface area contributed by atoms with Gasteiger partial charge in [-0.1, -0.05) is 17.3 Å². The number of rotatable bonds is 7. The number of anilines is 1. The number of nitrogens with one attached hydrogen (secondary N) is 1. The van der Waals surface area contributed by atoms with Crippen LogP contribution in [0.5, 0.6) is 0 Å². The predicted octanol–water partition coefficient (Wildman–Crippen LogP) is 5.46. The lowest BCUT2D eigenvalue weighted by atomic mass is 10.0. The summed E-state index contributed by atoms with van der Waals surface area (Å²) in [6, 6.07) is 6.12. The van der Waals surface area contributed by atoms with Crippen LogP contribution in [0.2, 0.25) is 0 Å². The van der Waals surface area contributed by atoms with Gasteiger partial charge >= 0.3 is 0 Å². The van der Waals surface area contributed by atoms with E-state index < -0.39 is 26.4 Å². The molecular weight excluding hydrogens is 525 g/mol. The molecule has 0 spiro atoms. The molecule has 3 aromatic rings. The van der Waals surface area contributed by atoms with Gasteiger partial charge in [-0.15, -0.1) is 6.58 Å². The van der Waals surface area contributed by atoms with E-state index in [1.54, 1.807) is 25.1 Å². The Morgan fingerprint density at radius 2 is 2.07 bits per heavy atom. The Morgan fingerprint density at radius 3 is 2.70 bits per heavy atom. The maximum atomic E-state index is 15.4. The van der Waals surface area contributed by atoms with Crippen molar-refractivity contribution in [1.29, 1.82) is 0 Å². The van der Waals surface area contributed by atoms with E-state index in [-0.39, 0.29) is 28.8 Å². The van der Waals surface area contributed by atoms with Crippen LogP contribution >= 0.6 is 22.6 Å². The van der Waals surface area contributed by atoms with Gasteiger partial charge in [0.2, 0.25) is 15.6 Å². The molecule has 1 N–H and O–H groups in total. The third-order valence-electron chi connectivity index (χ3n) is 5.51. The van der Waals surface area contributed by atoms with Crippen LogP contribution in [-0.2, 0) is 16.4 Å². The zero-order valence-corrected chi connectivity index (χ0v) is 19.1. The Balaban J connectivity index is 1.84. The Morgan fingerprint density at radius 1 is 1.33 bits per heavy atom.